The summed E-state index contributed by atoms with van der Waals surface area (Å²) in [6, 6.07) is 11.2. The van der Waals surface area contributed by atoms with Crippen molar-refractivity contribution in [1.82, 2.24) is 9.21 Å². The topological polar surface area (TPSA) is 110 Å². The van der Waals surface area contributed by atoms with Gasteiger partial charge in [0.1, 0.15) is 12.4 Å². The second-order valence-corrected chi connectivity index (χ2v) is 9.31. The van der Waals surface area contributed by atoms with Crippen LogP contribution >= 0.6 is 0 Å². The van der Waals surface area contributed by atoms with Crippen molar-refractivity contribution in [2.45, 2.75) is 11.8 Å². The predicted octanol–water partition coefficient (Wildman–Crippen LogP) is 2.21. The number of fused-ring (bicyclic) bond motifs is 1. The van der Waals surface area contributed by atoms with E-state index in [2.05, 4.69) is 0 Å². The summed E-state index contributed by atoms with van der Waals surface area (Å²) in [7, 11) is -3.91. The van der Waals surface area contributed by atoms with Gasteiger partial charge in [0.2, 0.25) is 10.0 Å². The molecule has 31 heavy (non-hydrogen) atoms. The third-order valence-corrected chi connectivity index (χ3v) is 7.47. The number of amides is 1. The number of hydrogen-bond acceptors (Lipinski definition) is 6. The van der Waals surface area contributed by atoms with Crippen molar-refractivity contribution >= 4 is 27.7 Å². The van der Waals surface area contributed by atoms with Crippen LogP contribution in [0.3, 0.4) is 0 Å². The Morgan fingerprint density at radius 2 is 1.81 bits per heavy atom. The third-order valence-electron chi connectivity index (χ3n) is 5.43. The van der Waals surface area contributed by atoms with E-state index >= 15 is 0 Å². The molecule has 0 bridgehead atoms. The summed E-state index contributed by atoms with van der Waals surface area (Å²) in [4.78, 5) is 24.9. The van der Waals surface area contributed by atoms with Gasteiger partial charge in [-0.2, -0.15) is 4.31 Å². The van der Waals surface area contributed by atoms with Crippen LogP contribution in [0.2, 0.25) is 0 Å². The molecule has 0 radical (unpaired) electrons. The van der Waals surface area contributed by atoms with Crippen LogP contribution in [0, 0.1) is 17.0 Å². The Labute approximate surface area is 179 Å². The Morgan fingerprint density at radius 3 is 2.52 bits per heavy atom. The van der Waals surface area contributed by atoms with E-state index in [1.54, 1.807) is 17.9 Å². The molecule has 4 rings (SSSR count). The number of carbonyl (C=O) groups is 1. The monoisotopic (exact) mass is 443 g/mol. The zero-order valence-corrected chi connectivity index (χ0v) is 17.7. The second kappa shape index (κ2) is 8.12. The first-order valence-electron chi connectivity index (χ1n) is 9.74. The summed E-state index contributed by atoms with van der Waals surface area (Å²) in [5.74, 6) is 0.542. The Balaban J connectivity index is 1.48. The number of nitro benzene ring substituents is 1. The average molecular weight is 443 g/mol. The predicted molar refractivity (Wildman–Crippen MR) is 113 cm³/mol. The highest BCUT2D eigenvalue weighted by molar-refractivity contribution is 7.89. The smallest absolute Gasteiger partial charge is 0.270 e. The van der Waals surface area contributed by atoms with Gasteiger partial charge < -0.3 is 9.64 Å². The van der Waals surface area contributed by atoms with Gasteiger partial charge in [-0.25, -0.2) is 8.42 Å². The highest BCUT2D eigenvalue weighted by atomic mass is 32.2. The fourth-order valence-electron chi connectivity index (χ4n) is 3.69. The first kappa shape index (κ1) is 21.0. The summed E-state index contributed by atoms with van der Waals surface area (Å²) in [5, 5.41) is 11.1. The maximum Gasteiger partial charge on any atom is 0.270 e. The van der Waals surface area contributed by atoms with Crippen molar-refractivity contribution in [2.75, 3.05) is 32.8 Å². The molecule has 2 aliphatic heterocycles. The van der Waals surface area contributed by atoms with E-state index in [9.17, 15) is 23.3 Å². The molecule has 0 unspecified atom stereocenters. The van der Waals surface area contributed by atoms with Crippen LogP contribution in [0.5, 0.6) is 5.75 Å². The van der Waals surface area contributed by atoms with E-state index in [0.717, 1.165) is 17.4 Å². The quantitative estimate of drug-likeness (QED) is 0.529. The van der Waals surface area contributed by atoms with Gasteiger partial charge in [-0.3, -0.25) is 14.9 Å². The number of sulfonamides is 1. The number of para-hydroxylation sites is 1. The van der Waals surface area contributed by atoms with E-state index < -0.39 is 14.9 Å². The normalized spacial score (nSPS) is 16.8. The molecule has 10 heteroatoms. The van der Waals surface area contributed by atoms with Crippen molar-refractivity contribution in [3.8, 4) is 5.75 Å². The lowest BCUT2D eigenvalue weighted by molar-refractivity contribution is -0.385. The third kappa shape index (κ3) is 4.04. The first-order valence-corrected chi connectivity index (χ1v) is 11.2. The van der Waals surface area contributed by atoms with Crippen molar-refractivity contribution in [3.05, 3.63) is 69.3 Å². The molecule has 162 valence electrons. The molecule has 0 N–H and O–H groups in total. The second-order valence-electron chi connectivity index (χ2n) is 7.40. The number of ether oxygens (including phenoxy) is 1. The van der Waals surface area contributed by atoms with Crippen LogP contribution in [0.15, 0.2) is 52.9 Å². The molecular weight excluding hydrogens is 422 g/mol. The number of non-ortho nitro benzene ring substituents is 1. The molecule has 2 heterocycles. The molecule has 0 spiro atoms. The molecule has 1 saturated heterocycles. The van der Waals surface area contributed by atoms with E-state index in [1.807, 2.05) is 24.3 Å². The lowest BCUT2D eigenvalue weighted by Gasteiger charge is -2.35. The Morgan fingerprint density at radius 1 is 1.10 bits per heavy atom. The van der Waals surface area contributed by atoms with Crippen molar-refractivity contribution in [2.24, 2.45) is 0 Å². The Kier molecular flexibility index (Phi) is 5.50. The zero-order chi connectivity index (χ0) is 22.2. The fourth-order valence-corrected chi connectivity index (χ4v) is 5.36. The first-order chi connectivity index (χ1) is 14.8. The molecule has 2 aromatic carbocycles. The minimum absolute atomic E-state index is 0.0820. The number of benzene rings is 2. The summed E-state index contributed by atoms with van der Waals surface area (Å²) in [5.41, 5.74) is 1.51. The Hall–Kier alpha value is -3.24. The van der Waals surface area contributed by atoms with Crippen LogP contribution < -0.4 is 4.74 Å². The standard InChI is InChI=1S/C21H21N3O6S/c1-15-6-7-18(24(26)27)13-20(15)31(28,29)23-10-8-22(9-11-23)21(25)17-12-16-4-2-3-5-19(16)30-14-17/h2-7,12-13H,8-11,14H2,1H3. The molecule has 0 atom stereocenters. The van der Waals surface area contributed by atoms with Gasteiger partial charge in [0.05, 0.1) is 15.4 Å². The molecule has 0 saturated carbocycles. The van der Waals surface area contributed by atoms with Gasteiger partial charge in [0.25, 0.3) is 11.6 Å². The van der Waals surface area contributed by atoms with Crippen LogP contribution in [-0.2, 0) is 14.8 Å². The number of nitro groups is 1. The largest absolute Gasteiger partial charge is 0.488 e. The summed E-state index contributed by atoms with van der Waals surface area (Å²) >= 11 is 0. The summed E-state index contributed by atoms with van der Waals surface area (Å²) in [6.45, 7) is 2.45. The van der Waals surface area contributed by atoms with Gasteiger partial charge in [-0.05, 0) is 24.6 Å². The minimum Gasteiger partial charge on any atom is -0.488 e. The molecule has 0 aromatic heterocycles. The van der Waals surface area contributed by atoms with Crippen LogP contribution in [0.25, 0.3) is 6.08 Å². The zero-order valence-electron chi connectivity index (χ0n) is 16.9. The molecule has 2 aliphatic rings. The van der Waals surface area contributed by atoms with E-state index in [4.69, 9.17) is 4.74 Å². The number of nitrogens with zero attached hydrogens (tertiary/aromatic N) is 3. The molecule has 0 aliphatic carbocycles. The van der Waals surface area contributed by atoms with Crippen molar-refractivity contribution in [1.29, 1.82) is 0 Å². The lowest BCUT2D eigenvalue weighted by atomic mass is 10.1. The van der Waals surface area contributed by atoms with E-state index in [-0.39, 0.29) is 49.3 Å². The van der Waals surface area contributed by atoms with Crippen molar-refractivity contribution in [3.63, 3.8) is 0 Å². The van der Waals surface area contributed by atoms with Crippen LogP contribution in [-0.4, -0.2) is 61.2 Å². The highest BCUT2D eigenvalue weighted by Gasteiger charge is 2.33. The molecule has 9 nitrogen and oxygen atoms in total. The van der Waals surface area contributed by atoms with E-state index in [1.165, 1.54) is 16.4 Å². The van der Waals surface area contributed by atoms with Crippen LogP contribution in [0.4, 0.5) is 5.69 Å². The maximum absolute atomic E-state index is 13.1. The molecule has 2 aromatic rings. The number of piperazine rings is 1. The van der Waals surface area contributed by atoms with Crippen LogP contribution in [0.1, 0.15) is 11.1 Å². The number of rotatable bonds is 4. The summed E-state index contributed by atoms with van der Waals surface area (Å²) < 4.78 is 33.0. The van der Waals surface area contributed by atoms with Gasteiger partial charge in [-0.15, -0.1) is 0 Å². The molecule has 1 amide bonds. The average Bonchev–Trinajstić information content (AvgIpc) is 2.78. The number of carbonyl (C=O) groups excluding carboxylic acids is 1. The van der Waals surface area contributed by atoms with Gasteiger partial charge in [0.15, 0.2) is 0 Å². The van der Waals surface area contributed by atoms with Gasteiger partial charge in [-0.1, -0.05) is 24.3 Å². The SMILES string of the molecule is Cc1ccc([N+](=O)[O-])cc1S(=O)(=O)N1CCN(C(=O)C2=Cc3ccccc3OC2)CC1. The van der Waals surface area contributed by atoms with Gasteiger partial charge in [0, 0.05) is 43.9 Å². The fraction of sp³-hybridized carbons (Fsp3) is 0.286. The molecule has 1 fully saturated rings. The minimum atomic E-state index is -3.91. The molecular formula is C21H21N3O6S. The number of hydrogen-bond donors (Lipinski definition) is 0. The maximum atomic E-state index is 13.1. The van der Waals surface area contributed by atoms with Crippen molar-refractivity contribution < 1.29 is 22.9 Å². The van der Waals surface area contributed by atoms with E-state index in [0.29, 0.717) is 11.1 Å². The van der Waals surface area contributed by atoms with Gasteiger partial charge >= 0.3 is 0 Å². The number of aryl methyl sites for hydroxylation is 1. The highest BCUT2D eigenvalue weighted by Crippen LogP contribution is 2.28. The summed E-state index contributed by atoms with van der Waals surface area (Å²) in [6.07, 6.45) is 1.80. The lowest BCUT2D eigenvalue weighted by Crippen LogP contribution is -2.51. The Bertz CT molecular complexity index is 1180.